The largest absolute Gasteiger partial charge is 0.494 e. The molecular weight excluding hydrogens is 300 g/mol. The molecule has 0 saturated heterocycles. The number of carbonyl (C=O) groups is 1. The summed E-state index contributed by atoms with van der Waals surface area (Å²) in [6, 6.07) is 15.9. The molecule has 0 unspecified atom stereocenters. The number of hydrogen-bond acceptors (Lipinski definition) is 3. The highest BCUT2D eigenvalue weighted by molar-refractivity contribution is 5.90. The van der Waals surface area contributed by atoms with Crippen molar-refractivity contribution in [3.63, 3.8) is 0 Å². The third-order valence-corrected chi connectivity index (χ3v) is 3.66. The quantitative estimate of drug-likeness (QED) is 0.737. The summed E-state index contributed by atoms with van der Waals surface area (Å²) < 4.78 is 5.42. The summed E-state index contributed by atoms with van der Waals surface area (Å²) in [5.41, 5.74) is 3.15. The van der Waals surface area contributed by atoms with Crippen LogP contribution >= 0.6 is 0 Å². The first-order valence-corrected chi connectivity index (χ1v) is 8.52. The fraction of sp³-hybridized carbons (Fsp3) is 0.350. The lowest BCUT2D eigenvalue weighted by Crippen LogP contribution is -2.14. The van der Waals surface area contributed by atoms with Crippen LogP contribution in [0.25, 0.3) is 0 Å². The average Bonchev–Trinajstić information content (AvgIpc) is 2.60. The number of ether oxygens (including phenoxy) is 1. The molecule has 24 heavy (non-hydrogen) atoms. The van der Waals surface area contributed by atoms with E-state index < -0.39 is 0 Å². The SMILES string of the molecule is CCNCc1cccc(NC(=O)CCc2ccc(OCC)cc2)c1. The van der Waals surface area contributed by atoms with Crippen LogP contribution in [0, 0.1) is 0 Å². The van der Waals surface area contributed by atoms with Crippen LogP contribution in [0.2, 0.25) is 0 Å². The summed E-state index contributed by atoms with van der Waals surface area (Å²) in [7, 11) is 0. The van der Waals surface area contributed by atoms with Gasteiger partial charge >= 0.3 is 0 Å². The van der Waals surface area contributed by atoms with Crippen molar-refractivity contribution in [1.82, 2.24) is 5.32 Å². The maximum Gasteiger partial charge on any atom is 0.224 e. The Morgan fingerprint density at radius 2 is 1.83 bits per heavy atom. The summed E-state index contributed by atoms with van der Waals surface area (Å²) in [6.45, 7) is 6.44. The molecule has 0 aromatic heterocycles. The molecule has 4 nitrogen and oxygen atoms in total. The highest BCUT2D eigenvalue weighted by Gasteiger charge is 2.04. The first-order valence-electron chi connectivity index (χ1n) is 8.52. The Morgan fingerprint density at radius 3 is 2.54 bits per heavy atom. The number of benzene rings is 2. The summed E-state index contributed by atoms with van der Waals surface area (Å²) in [6.07, 6.45) is 1.18. The predicted molar refractivity (Wildman–Crippen MR) is 98.4 cm³/mol. The number of nitrogens with one attached hydrogen (secondary N) is 2. The maximum absolute atomic E-state index is 12.1. The smallest absolute Gasteiger partial charge is 0.224 e. The minimum atomic E-state index is 0.0319. The third kappa shape index (κ3) is 6.05. The van der Waals surface area contributed by atoms with E-state index in [1.807, 2.05) is 49.4 Å². The zero-order valence-corrected chi connectivity index (χ0v) is 14.5. The number of amides is 1. The third-order valence-electron chi connectivity index (χ3n) is 3.66. The summed E-state index contributed by atoms with van der Waals surface area (Å²) in [4.78, 5) is 12.1. The molecule has 0 aliphatic carbocycles. The van der Waals surface area contributed by atoms with Crippen LogP contribution in [-0.4, -0.2) is 19.1 Å². The van der Waals surface area contributed by atoms with Gasteiger partial charge in [-0.25, -0.2) is 0 Å². The topological polar surface area (TPSA) is 50.4 Å². The molecule has 0 aliphatic rings. The van der Waals surface area contributed by atoms with Crippen molar-refractivity contribution < 1.29 is 9.53 Å². The van der Waals surface area contributed by atoms with E-state index in [1.165, 1.54) is 5.56 Å². The van der Waals surface area contributed by atoms with Gasteiger partial charge in [0, 0.05) is 18.7 Å². The molecule has 4 heteroatoms. The number of anilines is 1. The molecule has 0 spiro atoms. The van der Waals surface area contributed by atoms with Gasteiger partial charge in [-0.1, -0.05) is 31.2 Å². The standard InChI is InChI=1S/C20H26N2O2/c1-3-21-15-17-6-5-7-18(14-17)22-20(23)13-10-16-8-11-19(12-9-16)24-4-2/h5-9,11-12,14,21H,3-4,10,13,15H2,1-2H3,(H,22,23). The Kier molecular flexibility index (Phi) is 7.30. The van der Waals surface area contributed by atoms with E-state index >= 15 is 0 Å². The van der Waals surface area contributed by atoms with Crippen molar-refractivity contribution >= 4 is 11.6 Å². The van der Waals surface area contributed by atoms with E-state index in [-0.39, 0.29) is 5.91 Å². The van der Waals surface area contributed by atoms with Gasteiger partial charge in [0.1, 0.15) is 5.75 Å². The summed E-state index contributed by atoms with van der Waals surface area (Å²) >= 11 is 0. The number of rotatable bonds is 9. The van der Waals surface area contributed by atoms with Gasteiger partial charge in [-0.2, -0.15) is 0 Å². The molecule has 0 saturated carbocycles. The van der Waals surface area contributed by atoms with Gasteiger partial charge in [0.05, 0.1) is 6.61 Å². The molecule has 0 fully saturated rings. The summed E-state index contributed by atoms with van der Waals surface area (Å²) in [5, 5.41) is 6.25. The molecule has 2 rings (SSSR count). The van der Waals surface area contributed by atoms with Gasteiger partial charge < -0.3 is 15.4 Å². The number of hydrogen-bond donors (Lipinski definition) is 2. The zero-order chi connectivity index (χ0) is 17.2. The van der Waals surface area contributed by atoms with E-state index in [1.54, 1.807) is 0 Å². The second kappa shape index (κ2) is 9.73. The molecule has 0 aliphatic heterocycles. The van der Waals surface area contributed by atoms with Crippen molar-refractivity contribution in [3.05, 3.63) is 59.7 Å². The molecule has 0 atom stereocenters. The molecular formula is C20H26N2O2. The second-order valence-corrected chi connectivity index (χ2v) is 5.61. The highest BCUT2D eigenvalue weighted by Crippen LogP contribution is 2.14. The minimum absolute atomic E-state index is 0.0319. The van der Waals surface area contributed by atoms with Gasteiger partial charge in [0.2, 0.25) is 5.91 Å². The molecule has 2 aromatic carbocycles. The van der Waals surface area contributed by atoms with Gasteiger partial charge in [-0.05, 0) is 55.3 Å². The number of carbonyl (C=O) groups excluding carboxylic acids is 1. The lowest BCUT2D eigenvalue weighted by Gasteiger charge is -2.08. The Bertz CT molecular complexity index is 638. The van der Waals surface area contributed by atoms with Crippen LogP contribution in [0.5, 0.6) is 5.75 Å². The first kappa shape index (κ1) is 18.0. The van der Waals surface area contributed by atoms with E-state index in [0.717, 1.165) is 36.5 Å². The van der Waals surface area contributed by atoms with Crippen LogP contribution in [0.3, 0.4) is 0 Å². The highest BCUT2D eigenvalue weighted by atomic mass is 16.5. The van der Waals surface area contributed by atoms with Crippen LogP contribution in [0.1, 0.15) is 31.4 Å². The lowest BCUT2D eigenvalue weighted by atomic mass is 10.1. The molecule has 0 bridgehead atoms. The van der Waals surface area contributed by atoms with E-state index in [9.17, 15) is 4.79 Å². The summed E-state index contributed by atoms with van der Waals surface area (Å²) in [5.74, 6) is 0.896. The Labute approximate surface area is 144 Å². The van der Waals surface area contributed by atoms with Crippen molar-refractivity contribution in [3.8, 4) is 5.75 Å². The Morgan fingerprint density at radius 1 is 1.04 bits per heavy atom. The Balaban J connectivity index is 1.82. The lowest BCUT2D eigenvalue weighted by molar-refractivity contribution is -0.116. The van der Waals surface area contributed by atoms with Crippen molar-refractivity contribution in [2.45, 2.75) is 33.2 Å². The van der Waals surface area contributed by atoms with Gasteiger partial charge in [0.25, 0.3) is 0 Å². The molecule has 1 amide bonds. The van der Waals surface area contributed by atoms with Gasteiger partial charge in [0.15, 0.2) is 0 Å². The van der Waals surface area contributed by atoms with Crippen molar-refractivity contribution in [1.29, 1.82) is 0 Å². The predicted octanol–water partition coefficient (Wildman–Crippen LogP) is 3.77. The fourth-order valence-corrected chi connectivity index (χ4v) is 2.43. The molecule has 128 valence electrons. The van der Waals surface area contributed by atoms with E-state index in [2.05, 4.69) is 23.6 Å². The second-order valence-electron chi connectivity index (χ2n) is 5.61. The van der Waals surface area contributed by atoms with Crippen molar-refractivity contribution in [2.24, 2.45) is 0 Å². The van der Waals surface area contributed by atoms with Crippen LogP contribution in [0.4, 0.5) is 5.69 Å². The fourth-order valence-electron chi connectivity index (χ4n) is 2.43. The maximum atomic E-state index is 12.1. The van der Waals surface area contributed by atoms with Crippen LogP contribution < -0.4 is 15.4 Å². The molecule has 0 radical (unpaired) electrons. The van der Waals surface area contributed by atoms with E-state index in [4.69, 9.17) is 4.74 Å². The minimum Gasteiger partial charge on any atom is -0.494 e. The Hall–Kier alpha value is -2.33. The van der Waals surface area contributed by atoms with Crippen LogP contribution in [-0.2, 0) is 17.8 Å². The zero-order valence-electron chi connectivity index (χ0n) is 14.5. The molecule has 0 heterocycles. The molecule has 2 aromatic rings. The van der Waals surface area contributed by atoms with Crippen molar-refractivity contribution in [2.75, 3.05) is 18.5 Å². The van der Waals surface area contributed by atoms with E-state index in [0.29, 0.717) is 13.0 Å². The van der Waals surface area contributed by atoms with Gasteiger partial charge in [-0.15, -0.1) is 0 Å². The molecule has 2 N–H and O–H groups in total. The monoisotopic (exact) mass is 326 g/mol. The first-order chi connectivity index (χ1) is 11.7. The van der Waals surface area contributed by atoms with Gasteiger partial charge in [-0.3, -0.25) is 4.79 Å². The van der Waals surface area contributed by atoms with Crippen LogP contribution in [0.15, 0.2) is 48.5 Å². The average molecular weight is 326 g/mol. The number of aryl methyl sites for hydroxylation is 1. The normalized spacial score (nSPS) is 10.4.